The molecule has 1 spiro atoms. The van der Waals surface area contributed by atoms with Gasteiger partial charge in [-0.1, -0.05) is 54.6 Å². The van der Waals surface area contributed by atoms with E-state index in [1.165, 1.54) is 11.1 Å². The molecule has 1 saturated carbocycles. The predicted octanol–water partition coefficient (Wildman–Crippen LogP) is 4.05. The number of ether oxygens (including phenoxy) is 1. The lowest BCUT2D eigenvalue weighted by Gasteiger charge is -2.26. The summed E-state index contributed by atoms with van der Waals surface area (Å²) in [7, 11) is 0. The summed E-state index contributed by atoms with van der Waals surface area (Å²) in [6, 6.07) is 22.1. The first-order chi connectivity index (χ1) is 15.1. The number of fused-ring (bicyclic) bond motifs is 3. The van der Waals surface area contributed by atoms with Crippen molar-refractivity contribution < 1.29 is 14.3 Å². The second-order valence-corrected chi connectivity index (χ2v) is 8.67. The molecule has 2 amide bonds. The first-order valence-electron chi connectivity index (χ1n) is 10.9. The highest BCUT2D eigenvalue weighted by Gasteiger charge is 2.60. The number of nitrogens with one attached hydrogen (secondary N) is 2. The molecular weight excluding hydrogens is 388 g/mol. The Labute approximate surface area is 181 Å². The van der Waals surface area contributed by atoms with Gasteiger partial charge in [-0.3, -0.25) is 20.4 Å². The maximum absolute atomic E-state index is 12.8. The van der Waals surface area contributed by atoms with Crippen LogP contribution < -0.4 is 15.6 Å². The summed E-state index contributed by atoms with van der Waals surface area (Å²) in [4.78, 5) is 25.2. The molecule has 5 nitrogen and oxygen atoms in total. The number of hydrogen-bond acceptors (Lipinski definition) is 3. The molecule has 5 rings (SSSR count). The van der Waals surface area contributed by atoms with E-state index in [9.17, 15) is 9.59 Å². The minimum Gasteiger partial charge on any atom is -0.481 e. The minimum atomic E-state index is -0.731. The molecule has 31 heavy (non-hydrogen) atoms. The Morgan fingerprint density at radius 3 is 2.65 bits per heavy atom. The molecule has 0 aromatic heterocycles. The fourth-order valence-electron chi connectivity index (χ4n) is 4.99. The van der Waals surface area contributed by atoms with Crippen LogP contribution in [0.3, 0.4) is 0 Å². The number of hydrogen-bond donors (Lipinski definition) is 2. The fourth-order valence-corrected chi connectivity index (χ4v) is 4.99. The summed E-state index contributed by atoms with van der Waals surface area (Å²) in [6.07, 6.45) is 3.31. The van der Waals surface area contributed by atoms with E-state index in [1.807, 2.05) is 48.5 Å². The molecule has 0 saturated heterocycles. The third kappa shape index (κ3) is 3.65. The normalized spacial score (nSPS) is 22.4. The van der Waals surface area contributed by atoms with Crippen LogP contribution in [0.5, 0.6) is 5.75 Å². The summed E-state index contributed by atoms with van der Waals surface area (Å²) in [5, 5.41) is 2.16. The van der Waals surface area contributed by atoms with Crippen molar-refractivity contribution in [2.75, 3.05) is 0 Å². The first kappa shape index (κ1) is 19.6. The molecule has 1 fully saturated rings. The SMILES string of the molecule is CC(Oc1ccc2ccccc2c1)C(=O)NNC(=O)C1CC12CCCc1ccccc12. The molecular formula is C26H26N2O3. The molecule has 3 unspecified atom stereocenters. The van der Waals surface area contributed by atoms with E-state index in [0.717, 1.165) is 36.5 Å². The zero-order valence-electron chi connectivity index (χ0n) is 17.6. The van der Waals surface area contributed by atoms with Crippen molar-refractivity contribution in [3.63, 3.8) is 0 Å². The van der Waals surface area contributed by atoms with E-state index in [-0.39, 0.29) is 23.1 Å². The van der Waals surface area contributed by atoms with E-state index >= 15 is 0 Å². The molecule has 158 valence electrons. The second-order valence-electron chi connectivity index (χ2n) is 8.67. The van der Waals surface area contributed by atoms with Crippen molar-refractivity contribution in [1.82, 2.24) is 10.9 Å². The van der Waals surface area contributed by atoms with Gasteiger partial charge in [0.15, 0.2) is 6.10 Å². The number of carbonyl (C=O) groups is 2. The molecule has 3 aromatic rings. The largest absolute Gasteiger partial charge is 0.481 e. The van der Waals surface area contributed by atoms with Crippen LogP contribution in [0, 0.1) is 5.92 Å². The highest BCUT2D eigenvalue weighted by molar-refractivity contribution is 5.88. The van der Waals surface area contributed by atoms with Gasteiger partial charge >= 0.3 is 0 Å². The number of rotatable bonds is 4. The first-order valence-corrected chi connectivity index (χ1v) is 10.9. The van der Waals surface area contributed by atoms with Gasteiger partial charge in [-0.2, -0.15) is 0 Å². The number of carbonyl (C=O) groups excluding carboxylic acids is 2. The van der Waals surface area contributed by atoms with Crippen LogP contribution in [-0.2, 0) is 21.4 Å². The molecule has 2 N–H and O–H groups in total. The summed E-state index contributed by atoms with van der Waals surface area (Å²) >= 11 is 0. The summed E-state index contributed by atoms with van der Waals surface area (Å²) < 4.78 is 5.79. The Balaban J connectivity index is 1.18. The fraction of sp³-hybridized carbons (Fsp3) is 0.308. The van der Waals surface area contributed by atoms with Gasteiger partial charge in [0.25, 0.3) is 5.91 Å². The number of aryl methyl sites for hydroxylation is 1. The van der Waals surface area contributed by atoms with E-state index in [1.54, 1.807) is 6.92 Å². The van der Waals surface area contributed by atoms with E-state index in [2.05, 4.69) is 29.1 Å². The zero-order valence-corrected chi connectivity index (χ0v) is 17.6. The Kier molecular flexibility index (Phi) is 4.89. The van der Waals surface area contributed by atoms with Gasteiger partial charge in [-0.05, 0) is 66.6 Å². The average Bonchev–Trinajstić information content (AvgIpc) is 3.52. The third-order valence-corrected chi connectivity index (χ3v) is 6.73. The minimum absolute atomic E-state index is 0.0587. The Bertz CT molecular complexity index is 1160. The Hall–Kier alpha value is -3.34. The molecule has 0 heterocycles. The summed E-state index contributed by atoms with van der Waals surface area (Å²) in [5.74, 6) is 0.0295. The van der Waals surface area contributed by atoms with E-state index in [0.29, 0.717) is 5.75 Å². The third-order valence-electron chi connectivity index (χ3n) is 6.73. The van der Waals surface area contributed by atoms with E-state index in [4.69, 9.17) is 4.74 Å². The summed E-state index contributed by atoms with van der Waals surface area (Å²) in [5.41, 5.74) is 7.77. The number of benzene rings is 3. The van der Waals surface area contributed by atoms with Gasteiger partial charge < -0.3 is 4.74 Å². The molecule has 3 aromatic carbocycles. The maximum Gasteiger partial charge on any atom is 0.279 e. The molecule has 0 bridgehead atoms. The lowest BCUT2D eigenvalue weighted by molar-refractivity contribution is -0.133. The van der Waals surface area contributed by atoms with Crippen LogP contribution in [0.1, 0.15) is 37.3 Å². The van der Waals surface area contributed by atoms with Crippen molar-refractivity contribution in [2.24, 2.45) is 5.92 Å². The molecule has 0 aliphatic heterocycles. The second kappa shape index (κ2) is 7.73. The smallest absolute Gasteiger partial charge is 0.279 e. The van der Waals surface area contributed by atoms with Gasteiger partial charge in [0.1, 0.15) is 5.75 Å². The van der Waals surface area contributed by atoms with Gasteiger partial charge in [0, 0.05) is 5.41 Å². The van der Waals surface area contributed by atoms with Crippen molar-refractivity contribution in [1.29, 1.82) is 0 Å². The van der Waals surface area contributed by atoms with Gasteiger partial charge in [-0.15, -0.1) is 0 Å². The van der Waals surface area contributed by atoms with Crippen molar-refractivity contribution in [3.05, 3.63) is 77.9 Å². The highest BCUT2D eigenvalue weighted by Crippen LogP contribution is 2.60. The van der Waals surface area contributed by atoms with Gasteiger partial charge in [0.2, 0.25) is 5.91 Å². The zero-order chi connectivity index (χ0) is 21.4. The topological polar surface area (TPSA) is 67.4 Å². The average molecular weight is 415 g/mol. The Morgan fingerprint density at radius 1 is 1.00 bits per heavy atom. The molecule has 3 atom stereocenters. The molecule has 2 aliphatic carbocycles. The van der Waals surface area contributed by atoms with Crippen molar-refractivity contribution in [2.45, 2.75) is 44.1 Å². The Morgan fingerprint density at radius 2 is 1.77 bits per heavy atom. The van der Waals surface area contributed by atoms with Crippen LogP contribution in [0.2, 0.25) is 0 Å². The standard InChI is InChI=1S/C26H26N2O3/c1-17(31-21-13-12-18-7-2-3-9-20(18)15-21)24(29)27-28-25(30)23-16-26(23)14-6-10-19-8-4-5-11-22(19)26/h2-5,7-9,11-13,15,17,23H,6,10,14,16H2,1H3,(H,27,29)(H,28,30). The summed E-state index contributed by atoms with van der Waals surface area (Å²) in [6.45, 7) is 1.67. The highest BCUT2D eigenvalue weighted by atomic mass is 16.5. The van der Waals surface area contributed by atoms with E-state index < -0.39 is 6.10 Å². The van der Waals surface area contributed by atoms with Crippen LogP contribution in [0.4, 0.5) is 0 Å². The lowest BCUT2D eigenvalue weighted by atomic mass is 9.78. The molecule has 5 heteroatoms. The molecule has 0 radical (unpaired) electrons. The predicted molar refractivity (Wildman–Crippen MR) is 119 cm³/mol. The van der Waals surface area contributed by atoms with Crippen LogP contribution in [0.25, 0.3) is 10.8 Å². The number of amides is 2. The maximum atomic E-state index is 12.8. The monoisotopic (exact) mass is 414 g/mol. The number of hydrazine groups is 1. The van der Waals surface area contributed by atoms with Gasteiger partial charge in [-0.25, -0.2) is 0 Å². The quantitative estimate of drug-likeness (QED) is 0.633. The van der Waals surface area contributed by atoms with Crippen LogP contribution in [0.15, 0.2) is 66.7 Å². The van der Waals surface area contributed by atoms with Gasteiger partial charge in [0.05, 0.1) is 5.92 Å². The molecule has 2 aliphatic rings. The van der Waals surface area contributed by atoms with Crippen LogP contribution in [-0.4, -0.2) is 17.9 Å². The lowest BCUT2D eigenvalue weighted by Crippen LogP contribution is -2.48. The van der Waals surface area contributed by atoms with Crippen molar-refractivity contribution >= 4 is 22.6 Å². The van der Waals surface area contributed by atoms with Crippen molar-refractivity contribution in [3.8, 4) is 5.75 Å². The van der Waals surface area contributed by atoms with Crippen LogP contribution >= 0.6 is 0 Å².